The number of carbonyl (C=O) groups excluding carboxylic acids is 2. The average molecular weight is 659 g/mol. The van der Waals surface area contributed by atoms with Crippen molar-refractivity contribution < 1.29 is 22.7 Å². The zero-order chi connectivity index (χ0) is 32.8. The smallest absolute Gasteiger partial charge is 0.257 e. The van der Waals surface area contributed by atoms with E-state index in [1.165, 1.54) is 36.1 Å². The summed E-state index contributed by atoms with van der Waals surface area (Å²) in [6.45, 7) is 4.86. The number of nitrogens with one attached hydrogen (secondary N) is 1. The van der Waals surface area contributed by atoms with Crippen LogP contribution in [0, 0.1) is 11.3 Å². The molecular weight excluding hydrogens is 612 g/mol. The first-order valence-electron chi connectivity index (χ1n) is 17.4. The van der Waals surface area contributed by atoms with Crippen molar-refractivity contribution in [1.29, 1.82) is 0 Å². The zero-order valence-corrected chi connectivity index (χ0v) is 28.7. The molecule has 47 heavy (non-hydrogen) atoms. The number of hydrogen-bond donors (Lipinski definition) is 1. The number of methoxy groups -OCH3 is 1. The number of amides is 2. The molecule has 5 unspecified atom stereocenters. The highest BCUT2D eigenvalue weighted by molar-refractivity contribution is 7.92. The molecule has 8 rings (SSSR count). The summed E-state index contributed by atoms with van der Waals surface area (Å²) in [6, 6.07) is 6.63. The lowest BCUT2D eigenvalue weighted by molar-refractivity contribution is -0.140. The summed E-state index contributed by atoms with van der Waals surface area (Å²) in [4.78, 5) is 32.9. The highest BCUT2D eigenvalue weighted by atomic mass is 32.2. The van der Waals surface area contributed by atoms with Gasteiger partial charge in [0.05, 0.1) is 30.3 Å². The Labute approximate surface area is 277 Å². The van der Waals surface area contributed by atoms with Crippen LogP contribution in [0.4, 0.5) is 0 Å². The lowest BCUT2D eigenvalue weighted by Crippen LogP contribution is -2.46. The van der Waals surface area contributed by atoms with Crippen molar-refractivity contribution in [1.82, 2.24) is 19.1 Å². The van der Waals surface area contributed by atoms with Crippen LogP contribution in [0.25, 0.3) is 23.4 Å². The first kappa shape index (κ1) is 30.9. The number of benzene rings is 1. The van der Waals surface area contributed by atoms with Gasteiger partial charge in [-0.3, -0.25) is 14.5 Å². The second-order valence-electron chi connectivity index (χ2n) is 15.1. The Hall–Kier alpha value is -3.37. The molecular formula is C37H46N4O5S. The summed E-state index contributed by atoms with van der Waals surface area (Å²) in [7, 11) is -0.0718. The van der Waals surface area contributed by atoms with Crippen molar-refractivity contribution in [2.24, 2.45) is 11.3 Å². The van der Waals surface area contributed by atoms with Crippen molar-refractivity contribution in [3.63, 3.8) is 0 Å². The lowest BCUT2D eigenvalue weighted by Gasteiger charge is -2.29. The summed E-state index contributed by atoms with van der Waals surface area (Å²) in [5, 5.41) is 3.21. The van der Waals surface area contributed by atoms with Gasteiger partial charge in [-0.05, 0) is 106 Å². The monoisotopic (exact) mass is 658 g/mol. The topological polar surface area (TPSA) is 101 Å². The van der Waals surface area contributed by atoms with Gasteiger partial charge in [-0.15, -0.1) is 0 Å². The Morgan fingerprint density at radius 3 is 2.55 bits per heavy atom. The molecule has 2 saturated heterocycles. The first-order valence-corrected chi connectivity index (χ1v) is 18.9. The maximum atomic E-state index is 14.9. The fourth-order valence-electron chi connectivity index (χ4n) is 9.71. The Morgan fingerprint density at radius 2 is 1.87 bits per heavy atom. The van der Waals surface area contributed by atoms with E-state index >= 15 is 0 Å². The van der Waals surface area contributed by atoms with Gasteiger partial charge in [0.15, 0.2) is 0 Å². The van der Waals surface area contributed by atoms with E-state index in [4.69, 9.17) is 4.74 Å². The predicted octanol–water partition coefficient (Wildman–Crippen LogP) is 3.91. The van der Waals surface area contributed by atoms with E-state index in [1.54, 1.807) is 21.0 Å². The van der Waals surface area contributed by atoms with Gasteiger partial charge >= 0.3 is 0 Å². The first-order chi connectivity index (χ1) is 22.5. The summed E-state index contributed by atoms with van der Waals surface area (Å²) in [5.41, 5.74) is 4.88. The second-order valence-corrected chi connectivity index (χ2v) is 16.7. The minimum absolute atomic E-state index is 0.0843. The van der Waals surface area contributed by atoms with Gasteiger partial charge in [-0.25, -0.2) is 13.1 Å². The fourth-order valence-corrected chi connectivity index (χ4v) is 10.8. The number of aromatic nitrogens is 1. The van der Waals surface area contributed by atoms with Crippen LogP contribution in [-0.4, -0.2) is 67.5 Å². The average Bonchev–Trinajstić information content (AvgIpc) is 3.35. The molecule has 2 saturated carbocycles. The normalized spacial score (nSPS) is 29.3. The minimum Gasteiger partial charge on any atom is -0.497 e. The maximum absolute atomic E-state index is 14.9. The van der Waals surface area contributed by atoms with E-state index in [9.17, 15) is 18.0 Å². The molecule has 3 aliphatic heterocycles. The van der Waals surface area contributed by atoms with Crippen LogP contribution in [0.2, 0.25) is 0 Å². The molecule has 0 spiro atoms. The molecule has 9 nitrogen and oxygen atoms in total. The lowest BCUT2D eigenvalue weighted by atomic mass is 9.81. The largest absolute Gasteiger partial charge is 0.497 e. The highest BCUT2D eigenvalue weighted by Gasteiger charge is 2.66. The Balaban J connectivity index is 1.31. The Kier molecular flexibility index (Phi) is 7.30. The van der Waals surface area contributed by atoms with Crippen LogP contribution in [-0.2, 0) is 26.2 Å². The quantitative estimate of drug-likeness (QED) is 0.506. The number of likely N-dealkylation sites (tertiary alicyclic amines) is 1. The molecule has 10 heteroatoms. The van der Waals surface area contributed by atoms with Crippen LogP contribution >= 0.6 is 0 Å². The molecule has 6 aliphatic rings. The van der Waals surface area contributed by atoms with E-state index in [-0.39, 0.29) is 24.0 Å². The number of ether oxygens (including phenoxy) is 1. The number of rotatable bonds is 6. The number of allylic oxidation sites excluding steroid dienone is 1. The predicted molar refractivity (Wildman–Crippen MR) is 181 cm³/mol. The van der Waals surface area contributed by atoms with Crippen LogP contribution in [0.5, 0.6) is 5.75 Å². The standard InChI is InChI=1S/C37H46N4O5S/c1-22(2)20-47(44,45)38-35(42)24-10-13-28-31(16-24)40-21-37(36(43)41-25-11-15-32(41)39(3)19-25)18-30(37)29-17-26(46-4)12-14-27(29)34(40)33(28)23-8-6-5-7-9-23/h12-14,16-17,20,23-25,30,32H,5-11,15,18-19,21H2,1-4H3,(H,38,42). The van der Waals surface area contributed by atoms with Gasteiger partial charge in [-0.1, -0.05) is 30.9 Å². The van der Waals surface area contributed by atoms with E-state index < -0.39 is 27.3 Å². The summed E-state index contributed by atoms with van der Waals surface area (Å²) in [6.07, 6.45) is 13.4. The van der Waals surface area contributed by atoms with Gasteiger partial charge in [0.25, 0.3) is 10.0 Å². The Morgan fingerprint density at radius 1 is 1.09 bits per heavy atom. The van der Waals surface area contributed by atoms with Crippen molar-refractivity contribution in [2.45, 2.75) is 102 Å². The number of fused-ring (bicyclic) bond motifs is 9. The molecule has 5 atom stereocenters. The molecule has 4 fully saturated rings. The van der Waals surface area contributed by atoms with E-state index in [0.29, 0.717) is 24.5 Å². The van der Waals surface area contributed by atoms with Gasteiger partial charge in [0.2, 0.25) is 11.8 Å². The molecule has 0 radical (unpaired) electrons. The summed E-state index contributed by atoms with van der Waals surface area (Å²) in [5.74, 6) is 0.370. The van der Waals surface area contributed by atoms with Crippen LogP contribution in [0.3, 0.4) is 0 Å². The number of hydrogen-bond acceptors (Lipinski definition) is 6. The molecule has 4 heterocycles. The van der Waals surface area contributed by atoms with E-state index in [1.807, 2.05) is 12.1 Å². The minimum atomic E-state index is -3.90. The Bertz CT molecular complexity index is 1940. The number of likely N-dealkylation sites (N-methyl/N-ethyl adjacent to an activating group) is 1. The fraction of sp³-hybridized carbons (Fsp3) is 0.568. The molecule has 2 aromatic rings. The van der Waals surface area contributed by atoms with Crippen molar-refractivity contribution in [3.8, 4) is 17.0 Å². The van der Waals surface area contributed by atoms with Crippen molar-refractivity contribution in [3.05, 3.63) is 50.9 Å². The third-order valence-electron chi connectivity index (χ3n) is 11.8. The highest BCUT2D eigenvalue weighted by Crippen LogP contribution is 2.66. The molecule has 3 aliphatic carbocycles. The molecule has 2 amide bonds. The van der Waals surface area contributed by atoms with E-state index in [2.05, 4.69) is 44.3 Å². The van der Waals surface area contributed by atoms with Gasteiger partial charge in [0, 0.05) is 41.4 Å². The van der Waals surface area contributed by atoms with Gasteiger partial charge in [-0.2, -0.15) is 0 Å². The molecule has 2 bridgehead atoms. The molecule has 1 aromatic heterocycles. The number of piperidine rings is 1. The van der Waals surface area contributed by atoms with Crippen molar-refractivity contribution in [2.75, 3.05) is 20.7 Å². The number of carbonyl (C=O) groups is 2. The summed E-state index contributed by atoms with van der Waals surface area (Å²) < 4.78 is 35.8. The summed E-state index contributed by atoms with van der Waals surface area (Å²) >= 11 is 0. The molecule has 1 N–H and O–H groups in total. The second kappa shape index (κ2) is 11.1. The van der Waals surface area contributed by atoms with Crippen molar-refractivity contribution >= 4 is 34.0 Å². The zero-order valence-electron chi connectivity index (χ0n) is 27.9. The molecule has 1 aromatic carbocycles. The maximum Gasteiger partial charge on any atom is 0.257 e. The van der Waals surface area contributed by atoms with Crippen LogP contribution < -0.4 is 20.0 Å². The number of nitrogens with zero attached hydrogens (tertiary/aromatic N) is 3. The van der Waals surface area contributed by atoms with E-state index in [0.717, 1.165) is 65.9 Å². The third-order valence-corrected chi connectivity index (χ3v) is 13.1. The van der Waals surface area contributed by atoms with Crippen LogP contribution in [0.1, 0.15) is 94.6 Å². The van der Waals surface area contributed by atoms with Gasteiger partial charge in [0.1, 0.15) is 5.75 Å². The SMILES string of the molecule is COc1ccc2c(c1)C1CC1(C(=O)N1C3CCC1N(C)C3)Cn1c-2c(C2CCCCC2)c2c1=CC(C(=O)NS(=O)(=O)C=C(C)C)CC=2. The van der Waals surface area contributed by atoms with Gasteiger partial charge < -0.3 is 14.2 Å². The molecule has 250 valence electrons. The number of sulfonamides is 1. The van der Waals surface area contributed by atoms with Crippen LogP contribution in [0.15, 0.2) is 29.2 Å². The third kappa shape index (κ3) is 4.92.